The van der Waals surface area contributed by atoms with Crippen LogP contribution in [-0.4, -0.2) is 0 Å². The Morgan fingerprint density at radius 3 is 0.530 bits per heavy atom. The van der Waals surface area contributed by atoms with Crippen molar-refractivity contribution in [2.45, 2.75) is 27.7 Å². The van der Waals surface area contributed by atoms with Crippen molar-refractivity contribution in [3.63, 3.8) is 0 Å². The second-order valence-electron chi connectivity index (χ2n) is 12.1. The molecule has 0 heteroatoms. The zero-order valence-corrected chi connectivity index (χ0v) is 36.2. The average Bonchev–Trinajstić information content (AvgIpc) is 3.35. The Kier molecular flexibility index (Phi) is 23.3. The number of benzene rings is 5. The summed E-state index contributed by atoms with van der Waals surface area (Å²) < 4.78 is 0. The van der Waals surface area contributed by atoms with Crippen LogP contribution in [0.1, 0.15) is 22.3 Å². The van der Waals surface area contributed by atoms with E-state index >= 15 is 0 Å². The third-order valence-corrected chi connectivity index (χ3v) is 8.04. The van der Waals surface area contributed by atoms with E-state index in [4.69, 9.17) is 12.8 Å². The zero-order chi connectivity index (χ0) is 47.1. The van der Waals surface area contributed by atoms with Gasteiger partial charge < -0.3 is 0 Å². The number of terminal acetylenes is 2. The Labute approximate surface area is 391 Å². The van der Waals surface area contributed by atoms with Crippen LogP contribution >= 0.6 is 0 Å². The third-order valence-electron chi connectivity index (χ3n) is 8.04. The summed E-state index contributed by atoms with van der Waals surface area (Å²) in [4.78, 5) is 0. The maximum absolute atomic E-state index is 4.93. The smallest absolute Gasteiger partial charge is 0 e. The quantitative estimate of drug-likeness (QED) is 0.109. The van der Waals surface area contributed by atoms with Crippen molar-refractivity contribution in [3.05, 3.63) is 107 Å². The Balaban J connectivity index is 0.000000327. The van der Waals surface area contributed by atoms with Crippen molar-refractivity contribution < 1.29 is 0 Å². The molecule has 0 bridgehead atoms. The molecule has 0 atom stereocenters. The standard InChI is InChI=1S/C38H2.C16H14.C12H12/c1-3-5-7-9-11-13-15-17-19-21-23-25-27-29-31-33-35-37-38-36-34-32-30-28-26-24-22-20-18-16-14-12-10-8-6-4-2;1-11-13-7-3-5-9-15(13)12(2)16-10-6-4-8-14(11)16;1-9-7-8-10(2)12-6-4-3-5-11(9)12/h1-2H;3-10H,1-2H3;3-8H,1-2H3. The highest BCUT2D eigenvalue weighted by atomic mass is 14.1. The van der Waals surface area contributed by atoms with Gasteiger partial charge in [0.1, 0.15) is 0 Å². The molecule has 0 aromatic heterocycles. The van der Waals surface area contributed by atoms with Crippen LogP contribution in [0.5, 0.6) is 0 Å². The molecule has 5 rings (SSSR count). The normalized spacial score (nSPS) is 6.82. The molecule has 0 unspecified atom stereocenters. The zero-order valence-electron chi connectivity index (χ0n) is 36.2. The molecule has 0 nitrogen and oxygen atoms in total. The van der Waals surface area contributed by atoms with Crippen LogP contribution in [0.2, 0.25) is 0 Å². The van der Waals surface area contributed by atoms with Gasteiger partial charge in [-0.3, -0.25) is 0 Å². The van der Waals surface area contributed by atoms with Gasteiger partial charge in [-0.05, 0) is 177 Å². The SMILES string of the molecule is C#CC#CC#CC#CC#CC#CC#CC#CC#CC#CC#CC#CC#CC#CC#CC#CC#CC#CC#C.Cc1c2ccccc2c(C)c2ccccc12.Cc1ccc(C)c2ccccc12. The van der Waals surface area contributed by atoms with Gasteiger partial charge in [0.25, 0.3) is 0 Å². The summed E-state index contributed by atoms with van der Waals surface area (Å²) in [5.41, 5.74) is 5.49. The first kappa shape index (κ1) is 48.9. The van der Waals surface area contributed by atoms with E-state index in [0.29, 0.717) is 0 Å². The fourth-order valence-electron chi connectivity index (χ4n) is 5.24. The minimum Gasteiger partial charge on any atom is -0.106 e. The number of fused-ring (bicyclic) bond motifs is 3. The van der Waals surface area contributed by atoms with Crippen molar-refractivity contribution in [2.75, 3.05) is 0 Å². The Morgan fingerprint density at radius 2 is 0.364 bits per heavy atom. The van der Waals surface area contributed by atoms with Gasteiger partial charge in [0.15, 0.2) is 0 Å². The van der Waals surface area contributed by atoms with Crippen molar-refractivity contribution >= 4 is 32.3 Å². The Morgan fingerprint density at radius 1 is 0.212 bits per heavy atom. The van der Waals surface area contributed by atoms with E-state index in [1.807, 2.05) is 0 Å². The second kappa shape index (κ2) is 31.4. The van der Waals surface area contributed by atoms with Gasteiger partial charge in [-0.15, -0.1) is 12.8 Å². The minimum absolute atomic E-state index is 1.36. The maximum atomic E-state index is 4.93. The summed E-state index contributed by atoms with van der Waals surface area (Å²) in [7, 11) is 0. The number of rotatable bonds is 0. The molecule has 292 valence electrons. The van der Waals surface area contributed by atoms with Crippen LogP contribution in [0.4, 0.5) is 0 Å². The highest BCUT2D eigenvalue weighted by Gasteiger charge is 2.06. The van der Waals surface area contributed by atoms with Gasteiger partial charge in [0, 0.05) is 118 Å². The van der Waals surface area contributed by atoms with Crippen molar-refractivity contribution in [3.8, 4) is 226 Å². The fourth-order valence-corrected chi connectivity index (χ4v) is 5.24. The van der Waals surface area contributed by atoms with E-state index in [9.17, 15) is 0 Å². The van der Waals surface area contributed by atoms with Gasteiger partial charge in [-0.2, -0.15) is 0 Å². The number of hydrogen-bond acceptors (Lipinski definition) is 0. The van der Waals surface area contributed by atoms with Crippen LogP contribution in [0, 0.1) is 254 Å². The number of aryl methyl sites for hydroxylation is 4. The highest BCUT2D eigenvalue weighted by Crippen LogP contribution is 2.31. The molecule has 0 spiro atoms. The number of hydrogen-bond donors (Lipinski definition) is 0. The van der Waals surface area contributed by atoms with Crippen LogP contribution in [0.25, 0.3) is 32.3 Å². The maximum Gasteiger partial charge on any atom is 0 e. The van der Waals surface area contributed by atoms with Gasteiger partial charge >= 0.3 is 0 Å². The van der Waals surface area contributed by atoms with Gasteiger partial charge in [0.05, 0.1) is 0 Å². The second-order valence-corrected chi connectivity index (χ2v) is 12.1. The first-order valence-corrected chi connectivity index (χ1v) is 19.2. The van der Waals surface area contributed by atoms with Crippen LogP contribution in [0.3, 0.4) is 0 Å². The molecule has 5 aromatic carbocycles. The van der Waals surface area contributed by atoms with Crippen LogP contribution in [0.15, 0.2) is 84.9 Å². The van der Waals surface area contributed by atoms with E-state index in [1.54, 1.807) is 0 Å². The fraction of sp³-hybridized carbons (Fsp3) is 0.0606. The first-order valence-electron chi connectivity index (χ1n) is 19.2. The predicted octanol–water partition coefficient (Wildman–Crippen LogP) is 8.38. The van der Waals surface area contributed by atoms with Crippen molar-refractivity contribution in [1.82, 2.24) is 0 Å². The van der Waals surface area contributed by atoms with Crippen molar-refractivity contribution in [1.29, 1.82) is 0 Å². The molecule has 0 radical (unpaired) electrons. The molecular weight excluding hydrogens is 793 g/mol. The molecule has 0 amide bonds. The van der Waals surface area contributed by atoms with E-state index in [2.05, 4.69) is 326 Å². The van der Waals surface area contributed by atoms with Crippen molar-refractivity contribution in [2.24, 2.45) is 0 Å². The molecule has 0 aliphatic carbocycles. The molecule has 0 saturated heterocycles. The molecule has 5 aromatic rings. The molecule has 66 heavy (non-hydrogen) atoms. The van der Waals surface area contributed by atoms with E-state index < -0.39 is 0 Å². The average molecular weight is 821 g/mol. The monoisotopic (exact) mass is 820 g/mol. The largest absolute Gasteiger partial charge is 0.106 e. The van der Waals surface area contributed by atoms with E-state index in [0.717, 1.165) is 0 Å². The summed E-state index contributed by atoms with van der Waals surface area (Å²) in [5, 5.41) is 8.24. The van der Waals surface area contributed by atoms with Crippen LogP contribution < -0.4 is 0 Å². The molecule has 0 heterocycles. The van der Waals surface area contributed by atoms with Crippen LogP contribution in [-0.2, 0) is 0 Å². The van der Waals surface area contributed by atoms with Gasteiger partial charge in [0.2, 0.25) is 0 Å². The van der Waals surface area contributed by atoms with Gasteiger partial charge in [-0.25, -0.2) is 0 Å². The summed E-state index contributed by atoms with van der Waals surface area (Å²) in [6.07, 6.45) is 9.85. The molecule has 0 aliphatic heterocycles. The lowest BCUT2D eigenvalue weighted by Crippen LogP contribution is -1.87. The predicted molar refractivity (Wildman–Crippen MR) is 274 cm³/mol. The Bertz CT molecular complexity index is 3660. The summed E-state index contributed by atoms with van der Waals surface area (Å²) in [6, 6.07) is 30.2. The molecular formula is C66H28. The van der Waals surface area contributed by atoms with E-state index in [1.165, 1.54) is 54.6 Å². The summed E-state index contributed by atoms with van der Waals surface area (Å²) >= 11 is 0. The van der Waals surface area contributed by atoms with E-state index in [-0.39, 0.29) is 0 Å². The molecule has 0 N–H and O–H groups in total. The lowest BCUT2D eigenvalue weighted by molar-refractivity contribution is 1.46. The molecule has 0 fully saturated rings. The summed E-state index contributed by atoms with van der Waals surface area (Å²) in [5.74, 6) is 88.1. The summed E-state index contributed by atoms with van der Waals surface area (Å²) in [6.45, 7) is 8.73. The first-order chi connectivity index (χ1) is 32.5. The minimum atomic E-state index is 1.36. The lowest BCUT2D eigenvalue weighted by Gasteiger charge is -2.11. The lowest BCUT2D eigenvalue weighted by atomic mass is 9.93. The molecule has 0 saturated carbocycles. The highest BCUT2D eigenvalue weighted by molar-refractivity contribution is 6.05. The Hall–Kier alpha value is -11.5. The topological polar surface area (TPSA) is 0 Å². The molecule has 0 aliphatic rings. The third kappa shape index (κ3) is 19.1. The van der Waals surface area contributed by atoms with Gasteiger partial charge in [-0.1, -0.05) is 84.9 Å².